The number of hydrogen-bond acceptors (Lipinski definition) is 5. The normalized spacial score (nSPS) is 29.6. The summed E-state index contributed by atoms with van der Waals surface area (Å²) >= 11 is 0. The lowest BCUT2D eigenvalue weighted by Gasteiger charge is -2.36. The van der Waals surface area contributed by atoms with Crippen LogP contribution in [0.5, 0.6) is 0 Å². The molecule has 8 nitrogen and oxygen atoms in total. The van der Waals surface area contributed by atoms with E-state index in [0.29, 0.717) is 37.0 Å². The van der Waals surface area contributed by atoms with Gasteiger partial charge >= 0.3 is 12.1 Å². The molecule has 4 aliphatic heterocycles. The third kappa shape index (κ3) is 8.27. The number of amides is 2. The van der Waals surface area contributed by atoms with E-state index in [9.17, 15) is 22.8 Å². The van der Waals surface area contributed by atoms with Crippen molar-refractivity contribution in [3.8, 4) is 0 Å². The van der Waals surface area contributed by atoms with Crippen molar-refractivity contribution in [2.24, 2.45) is 17.3 Å². The van der Waals surface area contributed by atoms with Crippen LogP contribution in [0.4, 0.5) is 13.2 Å². The highest BCUT2D eigenvalue weighted by molar-refractivity contribution is 6.05. The van der Waals surface area contributed by atoms with Gasteiger partial charge in [-0.15, -0.1) is 0 Å². The van der Waals surface area contributed by atoms with E-state index in [0.717, 1.165) is 37.5 Å². The lowest BCUT2D eigenvalue weighted by molar-refractivity contribution is -0.192. The van der Waals surface area contributed by atoms with Gasteiger partial charge in [0.25, 0.3) is 0 Å². The fourth-order valence-corrected chi connectivity index (χ4v) is 11.4. The fourth-order valence-electron chi connectivity index (χ4n) is 11.4. The molecule has 56 heavy (non-hydrogen) atoms. The summed E-state index contributed by atoms with van der Waals surface area (Å²) in [4.78, 5) is 42.2. The van der Waals surface area contributed by atoms with E-state index in [1.165, 1.54) is 77.3 Å². The summed E-state index contributed by atoms with van der Waals surface area (Å²) in [5.41, 5.74) is 5.32. The summed E-state index contributed by atoms with van der Waals surface area (Å²) in [6.45, 7) is 6.42. The van der Waals surface area contributed by atoms with E-state index in [2.05, 4.69) is 69.0 Å². The number of alkyl halides is 3. The summed E-state index contributed by atoms with van der Waals surface area (Å²) in [6, 6.07) is 21.1. The molecule has 0 aromatic heterocycles. The molecule has 2 aliphatic carbocycles. The monoisotopic (exact) mass is 778 g/mol. The molecule has 0 spiro atoms. The number of halogens is 3. The van der Waals surface area contributed by atoms with Crippen molar-refractivity contribution in [1.82, 2.24) is 20.4 Å². The number of carboxylic acid groups (broad SMARTS) is 1. The molecule has 4 fully saturated rings. The predicted octanol–water partition coefficient (Wildman–Crippen LogP) is 9.34. The molecule has 4 heterocycles. The van der Waals surface area contributed by atoms with Gasteiger partial charge in [0.05, 0.1) is 0 Å². The van der Waals surface area contributed by atoms with Crippen molar-refractivity contribution in [2.45, 2.75) is 159 Å². The van der Waals surface area contributed by atoms with Gasteiger partial charge in [-0.05, 0) is 150 Å². The van der Waals surface area contributed by atoms with Crippen LogP contribution in [0.3, 0.4) is 0 Å². The first-order valence-corrected chi connectivity index (χ1v) is 21.5. The van der Waals surface area contributed by atoms with Gasteiger partial charge in [0.15, 0.2) is 0 Å². The molecule has 4 bridgehead atoms. The minimum absolute atomic E-state index is 0.0419. The molecule has 8 rings (SSSR count). The van der Waals surface area contributed by atoms with Crippen LogP contribution in [0.2, 0.25) is 0 Å². The van der Waals surface area contributed by atoms with Gasteiger partial charge < -0.3 is 15.7 Å². The Kier molecular flexibility index (Phi) is 12.5. The molecule has 6 aliphatic rings. The van der Waals surface area contributed by atoms with Gasteiger partial charge in [-0.1, -0.05) is 62.4 Å². The van der Waals surface area contributed by atoms with Crippen LogP contribution in [0.25, 0.3) is 0 Å². The van der Waals surface area contributed by atoms with Gasteiger partial charge in [0, 0.05) is 36.3 Å². The largest absolute Gasteiger partial charge is 0.490 e. The highest BCUT2D eigenvalue weighted by atomic mass is 19.4. The SMILES string of the molecule is CCC(CC)(C(=O)N[C@H]1CC[C@H](CCN2[C@@H]3CC[C@H]2c2ccccc23)CC1)C(=O)N[C@H]1CC[C@H](CCN2[C@@H]3CC[C@H]2c2ccccc23)CC1.O=C(O)C(F)(F)F. The maximum absolute atomic E-state index is 13.9. The van der Waals surface area contributed by atoms with E-state index in [1.807, 2.05) is 13.8 Å². The number of aliphatic carboxylic acids is 1. The summed E-state index contributed by atoms with van der Waals surface area (Å²) in [6.07, 6.45) is 12.6. The smallest absolute Gasteiger partial charge is 0.475 e. The van der Waals surface area contributed by atoms with Gasteiger partial charge in [0.1, 0.15) is 5.41 Å². The Hall–Kier alpha value is -3.44. The van der Waals surface area contributed by atoms with E-state index >= 15 is 0 Å². The number of hydrogen-bond donors (Lipinski definition) is 3. The summed E-state index contributed by atoms with van der Waals surface area (Å²) in [5.74, 6) is -1.37. The van der Waals surface area contributed by atoms with Crippen LogP contribution >= 0.6 is 0 Å². The molecule has 2 aromatic rings. The topological polar surface area (TPSA) is 102 Å². The molecule has 0 unspecified atom stereocenters. The van der Waals surface area contributed by atoms with Crippen molar-refractivity contribution < 1.29 is 32.7 Å². The van der Waals surface area contributed by atoms with Crippen molar-refractivity contribution in [2.75, 3.05) is 13.1 Å². The molecule has 2 aromatic carbocycles. The van der Waals surface area contributed by atoms with Crippen molar-refractivity contribution in [1.29, 1.82) is 0 Å². The second-order valence-corrected chi connectivity index (χ2v) is 17.5. The number of carboxylic acids is 1. The molecule has 2 amide bonds. The minimum Gasteiger partial charge on any atom is -0.475 e. The molecule has 2 saturated heterocycles. The molecule has 306 valence electrons. The number of nitrogens with one attached hydrogen (secondary N) is 2. The number of rotatable bonds is 12. The maximum atomic E-state index is 13.9. The first kappa shape index (κ1) is 40.7. The van der Waals surface area contributed by atoms with Gasteiger partial charge in [-0.2, -0.15) is 13.2 Å². The maximum Gasteiger partial charge on any atom is 0.490 e. The second kappa shape index (κ2) is 17.2. The first-order chi connectivity index (χ1) is 26.9. The Balaban J connectivity index is 0.000000629. The average Bonchev–Trinajstić information content (AvgIpc) is 3.96. The third-order valence-corrected chi connectivity index (χ3v) is 14.7. The number of carbonyl (C=O) groups is 3. The zero-order valence-corrected chi connectivity index (χ0v) is 33.2. The highest BCUT2D eigenvalue weighted by Crippen LogP contribution is 2.54. The quantitative estimate of drug-likeness (QED) is 0.186. The van der Waals surface area contributed by atoms with Gasteiger partial charge in [-0.3, -0.25) is 19.4 Å². The molecular formula is C45H61F3N4O4. The Morgan fingerprint density at radius 1 is 0.589 bits per heavy atom. The van der Waals surface area contributed by atoms with Crippen molar-refractivity contribution in [3.05, 3.63) is 70.8 Å². The van der Waals surface area contributed by atoms with E-state index in [-0.39, 0.29) is 23.9 Å². The van der Waals surface area contributed by atoms with Crippen LogP contribution in [-0.2, 0) is 14.4 Å². The lowest BCUT2D eigenvalue weighted by atomic mass is 9.78. The number of carbonyl (C=O) groups excluding carboxylic acids is 2. The zero-order valence-electron chi connectivity index (χ0n) is 33.2. The Labute approximate surface area is 330 Å². The van der Waals surface area contributed by atoms with Gasteiger partial charge in [0.2, 0.25) is 11.8 Å². The van der Waals surface area contributed by atoms with E-state index in [4.69, 9.17) is 9.90 Å². The Morgan fingerprint density at radius 3 is 1.16 bits per heavy atom. The highest BCUT2D eigenvalue weighted by Gasteiger charge is 2.46. The number of fused-ring (bicyclic) bond motifs is 10. The van der Waals surface area contributed by atoms with E-state index in [1.54, 1.807) is 22.3 Å². The van der Waals surface area contributed by atoms with Crippen LogP contribution in [-0.4, -0.2) is 64.0 Å². The van der Waals surface area contributed by atoms with Crippen LogP contribution < -0.4 is 10.6 Å². The predicted molar refractivity (Wildman–Crippen MR) is 209 cm³/mol. The molecule has 11 heteroatoms. The van der Waals surface area contributed by atoms with Crippen molar-refractivity contribution in [3.63, 3.8) is 0 Å². The first-order valence-electron chi connectivity index (χ1n) is 21.5. The van der Waals surface area contributed by atoms with Crippen LogP contribution in [0.1, 0.15) is 163 Å². The molecule has 4 atom stereocenters. The Morgan fingerprint density at radius 2 is 0.893 bits per heavy atom. The summed E-state index contributed by atoms with van der Waals surface area (Å²) in [5, 5.41) is 13.9. The minimum atomic E-state index is -5.08. The van der Waals surface area contributed by atoms with Crippen LogP contribution in [0, 0.1) is 17.3 Å². The average molecular weight is 779 g/mol. The lowest BCUT2D eigenvalue weighted by Crippen LogP contribution is -2.55. The molecule has 0 radical (unpaired) electrons. The Bertz CT molecular complexity index is 1530. The fraction of sp³-hybridized carbons (Fsp3) is 0.667. The number of nitrogens with zero attached hydrogens (tertiary/aromatic N) is 2. The van der Waals surface area contributed by atoms with E-state index < -0.39 is 17.6 Å². The van der Waals surface area contributed by atoms with Crippen LogP contribution in [0.15, 0.2) is 48.5 Å². The van der Waals surface area contributed by atoms with Crippen molar-refractivity contribution >= 4 is 17.8 Å². The van der Waals surface area contributed by atoms with Gasteiger partial charge in [-0.25, -0.2) is 4.79 Å². The molecular weight excluding hydrogens is 718 g/mol. The molecule has 2 saturated carbocycles. The third-order valence-electron chi connectivity index (χ3n) is 14.7. The zero-order chi connectivity index (χ0) is 39.6. The standard InChI is InChI=1S/C43H60N4O2.C2HF3O2/c1-3-43(4-2,41(48)44-31-17-13-29(14-18-31)25-27-46-37-21-22-38(46)34-10-6-5-9-33(34)37)42(49)45-32-19-15-30(16-20-32)26-28-47-39-23-24-40(47)36-12-8-7-11-35(36)39;3-2(4,5)1(6)7/h5-12,29-32,37-40H,3-4,13-28H2,1-2H3,(H,44,48)(H,45,49);(H,6,7)/t29-,30-,31-,32-,37-,38+,39-,40+;. The number of benzene rings is 2. The second-order valence-electron chi connectivity index (χ2n) is 17.5. The summed E-state index contributed by atoms with van der Waals surface area (Å²) < 4.78 is 31.7. The summed E-state index contributed by atoms with van der Waals surface area (Å²) in [7, 11) is 0. The molecule has 3 N–H and O–H groups in total.